The standard InChI is InChI=1S/C14H10F3IN4O/c1-22-9(6-19-21-22)7-23-12-5-13(14(15,16)17)20-11-3-2-8(18)4-10(11)12/h2-6H,7H2,1H3. The predicted molar refractivity (Wildman–Crippen MR) is 84.8 cm³/mol. The van der Waals surface area contributed by atoms with E-state index in [1.165, 1.54) is 10.9 Å². The molecule has 0 N–H and O–H groups in total. The van der Waals surface area contributed by atoms with Crippen molar-refractivity contribution >= 4 is 33.5 Å². The topological polar surface area (TPSA) is 52.8 Å². The van der Waals surface area contributed by atoms with Gasteiger partial charge in [0.1, 0.15) is 18.1 Å². The van der Waals surface area contributed by atoms with E-state index in [4.69, 9.17) is 4.74 Å². The molecular formula is C14H10F3IN4O. The fourth-order valence-corrected chi connectivity index (χ4v) is 2.52. The summed E-state index contributed by atoms with van der Waals surface area (Å²) >= 11 is 2.08. The van der Waals surface area contributed by atoms with Gasteiger partial charge in [0.2, 0.25) is 0 Å². The van der Waals surface area contributed by atoms with Crippen LogP contribution < -0.4 is 4.74 Å². The van der Waals surface area contributed by atoms with Gasteiger partial charge in [-0.25, -0.2) is 9.67 Å². The van der Waals surface area contributed by atoms with E-state index < -0.39 is 11.9 Å². The molecule has 0 aliphatic rings. The van der Waals surface area contributed by atoms with Gasteiger partial charge in [-0.05, 0) is 40.8 Å². The van der Waals surface area contributed by atoms with Crippen LogP contribution in [0.15, 0.2) is 30.5 Å². The second-order valence-corrected chi connectivity index (χ2v) is 6.05. The van der Waals surface area contributed by atoms with Crippen LogP contribution in [0.1, 0.15) is 11.4 Å². The van der Waals surface area contributed by atoms with Gasteiger partial charge in [0, 0.05) is 22.1 Å². The normalized spacial score (nSPS) is 11.9. The Bertz CT molecular complexity index is 863. The average molecular weight is 434 g/mol. The molecule has 2 aromatic heterocycles. The second kappa shape index (κ2) is 5.95. The maximum Gasteiger partial charge on any atom is 0.433 e. The lowest BCUT2D eigenvalue weighted by molar-refractivity contribution is -0.141. The molecule has 9 heteroatoms. The molecule has 3 aromatic rings. The molecule has 0 spiro atoms. The number of fused-ring (bicyclic) bond motifs is 1. The maximum absolute atomic E-state index is 13.0. The maximum atomic E-state index is 13.0. The number of halogens is 4. The highest BCUT2D eigenvalue weighted by molar-refractivity contribution is 14.1. The first-order valence-corrected chi connectivity index (χ1v) is 7.56. The van der Waals surface area contributed by atoms with Crippen LogP contribution in [-0.2, 0) is 19.8 Å². The summed E-state index contributed by atoms with van der Waals surface area (Å²) in [5.74, 6) is 0.127. The third-order valence-corrected chi connectivity index (χ3v) is 3.88. The zero-order chi connectivity index (χ0) is 16.6. The van der Waals surface area contributed by atoms with Gasteiger partial charge in [-0.3, -0.25) is 0 Å². The summed E-state index contributed by atoms with van der Waals surface area (Å²) < 4.78 is 47.0. The number of pyridine rings is 1. The van der Waals surface area contributed by atoms with Crippen molar-refractivity contribution in [1.29, 1.82) is 0 Å². The molecule has 120 valence electrons. The van der Waals surface area contributed by atoms with Crippen molar-refractivity contribution in [3.8, 4) is 5.75 Å². The predicted octanol–water partition coefficient (Wildman–Crippen LogP) is 3.57. The Kier molecular flexibility index (Phi) is 4.13. The Hall–Kier alpha value is -1.91. The lowest BCUT2D eigenvalue weighted by Gasteiger charge is -2.13. The molecule has 0 radical (unpaired) electrons. The summed E-state index contributed by atoms with van der Waals surface area (Å²) in [5, 5.41) is 7.99. The molecule has 5 nitrogen and oxygen atoms in total. The second-order valence-electron chi connectivity index (χ2n) is 4.80. The molecular weight excluding hydrogens is 424 g/mol. The molecule has 0 bridgehead atoms. The third-order valence-electron chi connectivity index (χ3n) is 3.21. The van der Waals surface area contributed by atoms with Crippen molar-refractivity contribution in [3.05, 3.63) is 45.4 Å². The van der Waals surface area contributed by atoms with Crippen LogP contribution >= 0.6 is 22.6 Å². The van der Waals surface area contributed by atoms with Gasteiger partial charge < -0.3 is 4.74 Å². The largest absolute Gasteiger partial charge is 0.486 e. The zero-order valence-corrected chi connectivity index (χ0v) is 14.0. The van der Waals surface area contributed by atoms with Gasteiger partial charge >= 0.3 is 6.18 Å². The molecule has 1 aromatic carbocycles. The van der Waals surface area contributed by atoms with E-state index in [1.807, 2.05) is 0 Å². The summed E-state index contributed by atoms with van der Waals surface area (Å²) in [5.41, 5.74) is -0.100. The molecule has 0 aliphatic heterocycles. The number of benzene rings is 1. The number of aryl methyl sites for hydroxylation is 1. The quantitative estimate of drug-likeness (QED) is 0.592. The van der Waals surface area contributed by atoms with Crippen molar-refractivity contribution in [2.45, 2.75) is 12.8 Å². The molecule has 0 saturated carbocycles. The van der Waals surface area contributed by atoms with Gasteiger partial charge in [-0.2, -0.15) is 13.2 Å². The van der Waals surface area contributed by atoms with Crippen molar-refractivity contribution in [3.63, 3.8) is 0 Å². The molecule has 23 heavy (non-hydrogen) atoms. The van der Waals surface area contributed by atoms with Crippen LogP contribution in [0.4, 0.5) is 13.2 Å². The van der Waals surface area contributed by atoms with Gasteiger partial charge in [0.15, 0.2) is 0 Å². The number of aromatic nitrogens is 4. The smallest absolute Gasteiger partial charge is 0.433 e. The highest BCUT2D eigenvalue weighted by atomic mass is 127. The molecule has 0 amide bonds. The van der Waals surface area contributed by atoms with Crippen LogP contribution in [0.2, 0.25) is 0 Å². The number of rotatable bonds is 3. The van der Waals surface area contributed by atoms with Crippen LogP contribution in [-0.4, -0.2) is 20.0 Å². The molecule has 2 heterocycles. The molecule has 0 unspecified atom stereocenters. The molecule has 0 fully saturated rings. The number of hydrogen-bond donors (Lipinski definition) is 0. The fraction of sp³-hybridized carbons (Fsp3) is 0.214. The van der Waals surface area contributed by atoms with Crippen molar-refractivity contribution in [2.75, 3.05) is 0 Å². The van der Waals surface area contributed by atoms with Crippen LogP contribution in [0.5, 0.6) is 5.75 Å². The Morgan fingerprint density at radius 2 is 2.04 bits per heavy atom. The Labute approximate surface area is 142 Å². The lowest BCUT2D eigenvalue weighted by atomic mass is 10.2. The van der Waals surface area contributed by atoms with Crippen molar-refractivity contribution in [2.24, 2.45) is 7.05 Å². The molecule has 0 saturated heterocycles. The van der Waals surface area contributed by atoms with E-state index in [-0.39, 0.29) is 17.9 Å². The van der Waals surface area contributed by atoms with E-state index in [9.17, 15) is 13.2 Å². The number of alkyl halides is 3. The highest BCUT2D eigenvalue weighted by Crippen LogP contribution is 2.35. The minimum atomic E-state index is -4.54. The molecule has 0 atom stereocenters. The van der Waals surface area contributed by atoms with Gasteiger partial charge in [-0.15, -0.1) is 5.10 Å². The average Bonchev–Trinajstić information content (AvgIpc) is 2.89. The minimum absolute atomic E-state index is 0.0609. The first-order chi connectivity index (χ1) is 10.8. The van der Waals surface area contributed by atoms with E-state index >= 15 is 0 Å². The summed E-state index contributed by atoms with van der Waals surface area (Å²) in [6.07, 6.45) is -3.04. The Balaban J connectivity index is 2.05. The Morgan fingerprint density at radius 3 is 2.70 bits per heavy atom. The summed E-state index contributed by atoms with van der Waals surface area (Å²) in [6, 6.07) is 5.90. The van der Waals surface area contributed by atoms with E-state index in [0.717, 1.165) is 9.64 Å². The first kappa shape index (κ1) is 16.0. The lowest BCUT2D eigenvalue weighted by Crippen LogP contribution is -2.09. The van der Waals surface area contributed by atoms with E-state index in [1.54, 1.807) is 25.2 Å². The Morgan fingerprint density at radius 1 is 1.26 bits per heavy atom. The van der Waals surface area contributed by atoms with Crippen molar-refractivity contribution < 1.29 is 17.9 Å². The number of nitrogens with zero attached hydrogens (tertiary/aromatic N) is 4. The van der Waals surface area contributed by atoms with Crippen LogP contribution in [0.3, 0.4) is 0 Å². The summed E-state index contributed by atoms with van der Waals surface area (Å²) in [6.45, 7) is 0.0609. The first-order valence-electron chi connectivity index (χ1n) is 6.48. The SMILES string of the molecule is Cn1nncc1COc1cc(C(F)(F)F)nc2ccc(I)cc12. The van der Waals surface area contributed by atoms with Crippen molar-refractivity contribution in [1.82, 2.24) is 20.0 Å². The van der Waals surface area contributed by atoms with E-state index in [0.29, 0.717) is 11.1 Å². The van der Waals surface area contributed by atoms with E-state index in [2.05, 4.69) is 37.9 Å². The molecule has 3 rings (SSSR count). The van der Waals surface area contributed by atoms with Gasteiger partial charge in [-0.1, -0.05) is 5.21 Å². The fourth-order valence-electron chi connectivity index (χ4n) is 2.03. The summed E-state index contributed by atoms with van der Waals surface area (Å²) in [4.78, 5) is 3.67. The van der Waals surface area contributed by atoms with Gasteiger partial charge in [0.25, 0.3) is 0 Å². The van der Waals surface area contributed by atoms with Crippen LogP contribution in [0, 0.1) is 3.57 Å². The number of hydrogen-bond acceptors (Lipinski definition) is 4. The molecule has 0 aliphatic carbocycles. The van der Waals surface area contributed by atoms with Crippen LogP contribution in [0.25, 0.3) is 10.9 Å². The third kappa shape index (κ3) is 3.38. The van der Waals surface area contributed by atoms with Gasteiger partial charge in [0.05, 0.1) is 17.4 Å². The zero-order valence-electron chi connectivity index (χ0n) is 11.8. The minimum Gasteiger partial charge on any atom is -0.486 e. The summed E-state index contributed by atoms with van der Waals surface area (Å²) in [7, 11) is 1.68. The monoisotopic (exact) mass is 434 g/mol. The number of ether oxygens (including phenoxy) is 1. The highest BCUT2D eigenvalue weighted by Gasteiger charge is 2.33.